The van der Waals surface area contributed by atoms with Crippen molar-refractivity contribution in [2.24, 2.45) is 0 Å². The highest BCUT2D eigenvalue weighted by Crippen LogP contribution is 2.21. The van der Waals surface area contributed by atoms with E-state index in [-0.39, 0.29) is 11.4 Å². The number of aromatic nitrogens is 1. The van der Waals surface area contributed by atoms with Crippen LogP contribution in [0.4, 0.5) is 10.1 Å². The zero-order valence-corrected chi connectivity index (χ0v) is 12.4. The van der Waals surface area contributed by atoms with Crippen LogP contribution in [0.1, 0.15) is 10.5 Å². The molecule has 0 radical (unpaired) electrons. The molecule has 3 rings (SSSR count). The lowest BCUT2D eigenvalue weighted by molar-refractivity contribution is 0.102. The van der Waals surface area contributed by atoms with E-state index >= 15 is 0 Å². The number of rotatable bonds is 2. The zero-order chi connectivity index (χ0) is 14.8. The summed E-state index contributed by atoms with van der Waals surface area (Å²) >= 11 is 3.17. The van der Waals surface area contributed by atoms with Gasteiger partial charge in [-0.25, -0.2) is 4.39 Å². The smallest absolute Gasteiger partial charge is 0.274 e. The molecule has 1 amide bonds. The summed E-state index contributed by atoms with van der Waals surface area (Å²) in [5.41, 5.74) is 0.397. The Morgan fingerprint density at radius 1 is 1.14 bits per heavy atom. The quantitative estimate of drug-likeness (QED) is 0.749. The first-order valence-corrected chi connectivity index (χ1v) is 7.04. The third kappa shape index (κ3) is 2.78. The maximum atomic E-state index is 13.8. The molecule has 0 saturated heterocycles. The lowest BCUT2D eigenvalue weighted by Gasteiger charge is -2.08. The van der Waals surface area contributed by atoms with Crippen molar-refractivity contribution in [2.75, 3.05) is 5.32 Å². The molecule has 0 atom stereocenters. The fourth-order valence-corrected chi connectivity index (χ4v) is 2.41. The minimum atomic E-state index is -0.502. The molecule has 0 unspecified atom stereocenters. The lowest BCUT2D eigenvalue weighted by atomic mass is 10.1. The molecule has 0 aliphatic rings. The zero-order valence-electron chi connectivity index (χ0n) is 10.8. The fourth-order valence-electron chi connectivity index (χ4n) is 2.07. The number of hydrogen-bond donors (Lipinski definition) is 1. The van der Waals surface area contributed by atoms with Crippen molar-refractivity contribution < 1.29 is 9.18 Å². The van der Waals surface area contributed by atoms with E-state index in [2.05, 4.69) is 26.2 Å². The first-order chi connectivity index (χ1) is 10.1. The van der Waals surface area contributed by atoms with Crippen molar-refractivity contribution in [2.45, 2.75) is 0 Å². The summed E-state index contributed by atoms with van der Waals surface area (Å²) < 4.78 is 14.4. The van der Waals surface area contributed by atoms with Crippen LogP contribution in [0.3, 0.4) is 0 Å². The third-order valence-electron chi connectivity index (χ3n) is 3.07. The van der Waals surface area contributed by atoms with Crippen molar-refractivity contribution in [3.05, 3.63) is 70.7 Å². The minimum absolute atomic E-state index is 0.123. The summed E-state index contributed by atoms with van der Waals surface area (Å²) in [6, 6.07) is 13.7. The van der Waals surface area contributed by atoms with Gasteiger partial charge in [0.25, 0.3) is 5.91 Å². The van der Waals surface area contributed by atoms with E-state index in [4.69, 9.17) is 0 Å². The Bertz CT molecular complexity index is 830. The summed E-state index contributed by atoms with van der Waals surface area (Å²) in [7, 11) is 0. The van der Waals surface area contributed by atoms with E-state index in [1.807, 2.05) is 30.3 Å². The van der Waals surface area contributed by atoms with Gasteiger partial charge in [-0.2, -0.15) is 0 Å². The summed E-state index contributed by atoms with van der Waals surface area (Å²) in [6.07, 6.45) is 1.56. The summed E-state index contributed by atoms with van der Waals surface area (Å²) in [6.45, 7) is 0. The number of carbonyl (C=O) groups is 1. The molecule has 0 bridgehead atoms. The van der Waals surface area contributed by atoms with Crippen LogP contribution in [0.15, 0.2) is 59.2 Å². The number of benzene rings is 2. The molecule has 0 aliphatic carbocycles. The largest absolute Gasteiger partial charge is 0.318 e. The Balaban J connectivity index is 1.97. The SMILES string of the molecule is O=C(Nc1ccc(Br)cc1F)c1nccc2ccccc12. The average molecular weight is 345 g/mol. The molecule has 0 aliphatic heterocycles. The topological polar surface area (TPSA) is 42.0 Å². The van der Waals surface area contributed by atoms with Crippen LogP contribution in [0.2, 0.25) is 0 Å². The number of pyridine rings is 1. The second-order valence-electron chi connectivity index (χ2n) is 4.46. The molecule has 3 nitrogen and oxygen atoms in total. The lowest BCUT2D eigenvalue weighted by Crippen LogP contribution is -2.15. The highest BCUT2D eigenvalue weighted by atomic mass is 79.9. The first kappa shape index (κ1) is 13.7. The Morgan fingerprint density at radius 2 is 1.95 bits per heavy atom. The molecule has 0 fully saturated rings. The van der Waals surface area contributed by atoms with E-state index in [1.54, 1.807) is 12.3 Å². The van der Waals surface area contributed by atoms with Gasteiger partial charge < -0.3 is 5.32 Å². The van der Waals surface area contributed by atoms with Gasteiger partial charge in [0.1, 0.15) is 11.5 Å². The number of hydrogen-bond acceptors (Lipinski definition) is 2. The maximum Gasteiger partial charge on any atom is 0.274 e. The number of halogens is 2. The first-order valence-electron chi connectivity index (χ1n) is 6.25. The van der Waals surface area contributed by atoms with Gasteiger partial charge in [0.15, 0.2) is 0 Å². The fraction of sp³-hybridized carbons (Fsp3) is 0. The van der Waals surface area contributed by atoms with E-state index in [0.29, 0.717) is 4.47 Å². The summed E-state index contributed by atoms with van der Waals surface area (Å²) in [4.78, 5) is 16.4. The third-order valence-corrected chi connectivity index (χ3v) is 3.56. The molecule has 21 heavy (non-hydrogen) atoms. The number of carbonyl (C=O) groups excluding carboxylic acids is 1. The molecule has 1 aromatic heterocycles. The number of nitrogens with zero attached hydrogens (tertiary/aromatic N) is 1. The molecular formula is C16H10BrFN2O. The second-order valence-corrected chi connectivity index (χ2v) is 5.37. The van der Waals surface area contributed by atoms with Gasteiger partial charge in [0.05, 0.1) is 5.69 Å². The van der Waals surface area contributed by atoms with Crippen LogP contribution in [0.5, 0.6) is 0 Å². The van der Waals surface area contributed by atoms with Gasteiger partial charge in [0, 0.05) is 16.1 Å². The summed E-state index contributed by atoms with van der Waals surface area (Å²) in [5.74, 6) is -0.939. The van der Waals surface area contributed by atoms with Gasteiger partial charge in [-0.15, -0.1) is 0 Å². The van der Waals surface area contributed by atoms with Crippen molar-refractivity contribution in [1.29, 1.82) is 0 Å². The predicted molar refractivity (Wildman–Crippen MR) is 83.8 cm³/mol. The number of nitrogens with one attached hydrogen (secondary N) is 1. The molecule has 1 heterocycles. The number of fused-ring (bicyclic) bond motifs is 1. The van der Waals surface area contributed by atoms with Crippen molar-refractivity contribution in [1.82, 2.24) is 4.98 Å². The Hall–Kier alpha value is -2.27. The standard InChI is InChI=1S/C16H10BrFN2O/c17-11-5-6-14(13(18)9-11)20-16(21)15-12-4-2-1-3-10(12)7-8-19-15/h1-9H,(H,20,21). The van der Waals surface area contributed by atoms with Crippen LogP contribution < -0.4 is 5.32 Å². The van der Waals surface area contributed by atoms with E-state index in [9.17, 15) is 9.18 Å². The molecule has 5 heteroatoms. The van der Waals surface area contributed by atoms with E-state index < -0.39 is 11.7 Å². The molecule has 0 saturated carbocycles. The van der Waals surface area contributed by atoms with E-state index in [0.717, 1.165) is 10.8 Å². The molecule has 1 N–H and O–H groups in total. The monoisotopic (exact) mass is 344 g/mol. The van der Waals surface area contributed by atoms with Gasteiger partial charge in [-0.3, -0.25) is 9.78 Å². The second kappa shape index (κ2) is 5.61. The van der Waals surface area contributed by atoms with Gasteiger partial charge in [0.2, 0.25) is 0 Å². The normalized spacial score (nSPS) is 10.6. The van der Waals surface area contributed by atoms with Gasteiger partial charge in [-0.1, -0.05) is 40.2 Å². The highest BCUT2D eigenvalue weighted by Gasteiger charge is 2.13. The van der Waals surface area contributed by atoms with Gasteiger partial charge in [-0.05, 0) is 29.7 Å². The van der Waals surface area contributed by atoms with Crippen LogP contribution in [0.25, 0.3) is 10.8 Å². The van der Waals surface area contributed by atoms with Crippen LogP contribution >= 0.6 is 15.9 Å². The minimum Gasteiger partial charge on any atom is -0.318 e. The highest BCUT2D eigenvalue weighted by molar-refractivity contribution is 9.10. The average Bonchev–Trinajstić information content (AvgIpc) is 2.49. The number of anilines is 1. The van der Waals surface area contributed by atoms with Crippen molar-refractivity contribution >= 4 is 38.3 Å². The molecule has 2 aromatic carbocycles. The molecule has 0 spiro atoms. The van der Waals surface area contributed by atoms with Crippen molar-refractivity contribution in [3.63, 3.8) is 0 Å². The van der Waals surface area contributed by atoms with Crippen LogP contribution in [-0.2, 0) is 0 Å². The van der Waals surface area contributed by atoms with Crippen LogP contribution in [0, 0.1) is 5.82 Å². The van der Waals surface area contributed by atoms with Crippen molar-refractivity contribution in [3.8, 4) is 0 Å². The molecular weight excluding hydrogens is 335 g/mol. The molecule has 3 aromatic rings. The Morgan fingerprint density at radius 3 is 2.76 bits per heavy atom. The van der Waals surface area contributed by atoms with E-state index in [1.165, 1.54) is 12.1 Å². The molecule has 104 valence electrons. The summed E-state index contributed by atoms with van der Waals surface area (Å²) in [5, 5.41) is 4.19. The predicted octanol–water partition coefficient (Wildman–Crippen LogP) is 4.39. The maximum absolute atomic E-state index is 13.8. The Kier molecular flexibility index (Phi) is 3.66. The Labute approximate surface area is 128 Å². The van der Waals surface area contributed by atoms with Gasteiger partial charge >= 0.3 is 0 Å². The number of amides is 1. The van der Waals surface area contributed by atoms with Crippen LogP contribution in [-0.4, -0.2) is 10.9 Å².